The molecular formula is C27H24N6O5S. The van der Waals surface area contributed by atoms with Crippen molar-refractivity contribution in [2.45, 2.75) is 26.9 Å². The topological polar surface area (TPSA) is 130 Å². The summed E-state index contributed by atoms with van der Waals surface area (Å²) in [5.41, 5.74) is 5.64. The van der Waals surface area contributed by atoms with Crippen molar-refractivity contribution in [3.05, 3.63) is 53.7 Å². The minimum absolute atomic E-state index is 0.0143. The van der Waals surface area contributed by atoms with Gasteiger partial charge in [-0.3, -0.25) is 5.32 Å². The number of hydrogen-bond donors (Lipinski definition) is 1. The lowest BCUT2D eigenvalue weighted by Gasteiger charge is -2.26. The molecule has 198 valence electrons. The second-order valence-corrected chi connectivity index (χ2v) is 10.1. The van der Waals surface area contributed by atoms with Gasteiger partial charge in [-0.25, -0.2) is 29.7 Å². The van der Waals surface area contributed by atoms with Crippen LogP contribution in [0, 0.1) is 20.8 Å². The maximum absolute atomic E-state index is 12.2. The van der Waals surface area contributed by atoms with Gasteiger partial charge in [-0.15, -0.1) is 11.3 Å². The standard InChI is InChI=1S/C27H24N6O5S/c1-13-5-18(23-19(6-13)32-21(35-4)10-30-23)26-33-22-14(2)7-20-24(25(22)39-26)36-11-17(38-20)12-37-27(34)31-16-8-28-15(3)29-9-16/h5-10,17H,11-12H2,1-4H3,(H,31,34). The summed E-state index contributed by atoms with van der Waals surface area (Å²) in [6.07, 6.45) is 3.55. The predicted molar refractivity (Wildman–Crippen MR) is 146 cm³/mol. The summed E-state index contributed by atoms with van der Waals surface area (Å²) < 4.78 is 23.8. The van der Waals surface area contributed by atoms with Gasteiger partial charge in [0.1, 0.15) is 28.7 Å². The molecule has 1 amide bonds. The second-order valence-electron chi connectivity index (χ2n) is 9.10. The normalized spacial score (nSPS) is 14.4. The first-order valence-corrected chi connectivity index (χ1v) is 13.0. The third-order valence-corrected chi connectivity index (χ3v) is 7.21. The summed E-state index contributed by atoms with van der Waals surface area (Å²) in [4.78, 5) is 34.4. The highest BCUT2D eigenvalue weighted by Gasteiger charge is 2.27. The van der Waals surface area contributed by atoms with Crippen molar-refractivity contribution in [2.24, 2.45) is 0 Å². The second kappa shape index (κ2) is 9.95. The zero-order valence-electron chi connectivity index (χ0n) is 21.6. The van der Waals surface area contributed by atoms with Gasteiger partial charge < -0.3 is 18.9 Å². The van der Waals surface area contributed by atoms with E-state index in [-0.39, 0.29) is 13.2 Å². The zero-order chi connectivity index (χ0) is 27.1. The van der Waals surface area contributed by atoms with E-state index in [2.05, 4.69) is 31.3 Å². The number of aryl methyl sites for hydroxylation is 3. The predicted octanol–water partition coefficient (Wildman–Crippen LogP) is 5.02. The van der Waals surface area contributed by atoms with Crippen LogP contribution in [0.4, 0.5) is 10.5 Å². The fourth-order valence-electron chi connectivity index (χ4n) is 4.28. The van der Waals surface area contributed by atoms with Crippen LogP contribution in [0.5, 0.6) is 17.4 Å². The number of methoxy groups -OCH3 is 1. The van der Waals surface area contributed by atoms with Gasteiger partial charge in [0, 0.05) is 5.56 Å². The van der Waals surface area contributed by atoms with E-state index in [1.54, 1.807) is 20.2 Å². The van der Waals surface area contributed by atoms with E-state index in [1.807, 2.05) is 26.0 Å². The van der Waals surface area contributed by atoms with Crippen LogP contribution in [0.2, 0.25) is 0 Å². The molecule has 0 saturated heterocycles. The molecule has 0 spiro atoms. The highest BCUT2D eigenvalue weighted by molar-refractivity contribution is 7.22. The van der Waals surface area contributed by atoms with Crippen LogP contribution in [-0.2, 0) is 4.74 Å². The van der Waals surface area contributed by atoms with Crippen LogP contribution in [-0.4, -0.2) is 57.4 Å². The number of amides is 1. The molecule has 0 saturated carbocycles. The summed E-state index contributed by atoms with van der Waals surface area (Å²) in [6.45, 7) is 5.99. The molecule has 12 heteroatoms. The Kier molecular flexibility index (Phi) is 6.31. The van der Waals surface area contributed by atoms with Crippen molar-refractivity contribution < 1.29 is 23.7 Å². The van der Waals surface area contributed by atoms with E-state index in [0.717, 1.165) is 42.9 Å². The average Bonchev–Trinajstić information content (AvgIpc) is 3.38. The molecule has 1 aliphatic heterocycles. The Morgan fingerprint density at radius 1 is 1.08 bits per heavy atom. The van der Waals surface area contributed by atoms with Gasteiger partial charge in [-0.2, -0.15) is 0 Å². The SMILES string of the molecule is COc1cnc2c(-c3nc4c(C)cc5c(c4s3)OCC(COC(=O)Nc3cnc(C)nc3)O5)cc(C)cc2n1. The minimum atomic E-state index is -0.623. The fourth-order valence-corrected chi connectivity index (χ4v) is 5.44. The maximum atomic E-state index is 12.2. The minimum Gasteiger partial charge on any atom is -0.484 e. The fraction of sp³-hybridized carbons (Fsp3) is 0.259. The number of hydrogen-bond acceptors (Lipinski definition) is 11. The number of benzene rings is 2. The van der Waals surface area contributed by atoms with Crippen molar-refractivity contribution in [2.75, 3.05) is 25.6 Å². The summed E-state index contributed by atoms with van der Waals surface area (Å²) >= 11 is 1.51. The number of fused-ring (bicyclic) bond motifs is 4. The molecule has 1 N–H and O–H groups in total. The molecule has 0 aliphatic carbocycles. The molecule has 1 unspecified atom stereocenters. The van der Waals surface area contributed by atoms with Crippen molar-refractivity contribution in [3.8, 4) is 28.0 Å². The number of aromatic nitrogens is 5. The van der Waals surface area contributed by atoms with Gasteiger partial charge in [-0.05, 0) is 50.1 Å². The molecule has 0 fully saturated rings. The highest BCUT2D eigenvalue weighted by Crippen LogP contribution is 2.46. The molecule has 3 aromatic heterocycles. The Morgan fingerprint density at radius 2 is 1.90 bits per heavy atom. The first-order valence-electron chi connectivity index (χ1n) is 12.2. The molecule has 39 heavy (non-hydrogen) atoms. The Bertz CT molecular complexity index is 1720. The van der Waals surface area contributed by atoms with Crippen molar-refractivity contribution in [1.82, 2.24) is 24.9 Å². The van der Waals surface area contributed by atoms with E-state index in [1.165, 1.54) is 23.7 Å². The molecule has 4 heterocycles. The van der Waals surface area contributed by atoms with Gasteiger partial charge in [-0.1, -0.05) is 0 Å². The van der Waals surface area contributed by atoms with Crippen molar-refractivity contribution in [1.29, 1.82) is 0 Å². The van der Waals surface area contributed by atoms with Gasteiger partial charge in [0.2, 0.25) is 5.88 Å². The number of thiazole rings is 1. The van der Waals surface area contributed by atoms with E-state index < -0.39 is 12.2 Å². The molecule has 6 rings (SSSR count). The Hall–Kier alpha value is -4.58. The van der Waals surface area contributed by atoms with Crippen LogP contribution in [0.15, 0.2) is 36.8 Å². The molecule has 0 bridgehead atoms. The number of nitrogens with one attached hydrogen (secondary N) is 1. The molecule has 2 aromatic carbocycles. The Morgan fingerprint density at radius 3 is 2.69 bits per heavy atom. The largest absolute Gasteiger partial charge is 0.484 e. The van der Waals surface area contributed by atoms with Crippen LogP contribution < -0.4 is 19.5 Å². The van der Waals surface area contributed by atoms with E-state index in [9.17, 15) is 4.79 Å². The van der Waals surface area contributed by atoms with Gasteiger partial charge in [0.05, 0.1) is 47.9 Å². The maximum Gasteiger partial charge on any atom is 0.411 e. The molecule has 1 aliphatic rings. The lowest BCUT2D eigenvalue weighted by Crippen LogP contribution is -2.35. The van der Waals surface area contributed by atoms with Crippen LogP contribution in [0.1, 0.15) is 17.0 Å². The van der Waals surface area contributed by atoms with Crippen LogP contribution in [0.3, 0.4) is 0 Å². The first-order chi connectivity index (χ1) is 18.9. The number of carbonyl (C=O) groups excluding carboxylic acids is 1. The monoisotopic (exact) mass is 544 g/mol. The molecular weight excluding hydrogens is 520 g/mol. The smallest absolute Gasteiger partial charge is 0.411 e. The number of ether oxygens (including phenoxy) is 4. The summed E-state index contributed by atoms with van der Waals surface area (Å²) in [5, 5.41) is 3.40. The molecule has 11 nitrogen and oxygen atoms in total. The number of carbonyl (C=O) groups is 1. The molecule has 0 radical (unpaired) electrons. The van der Waals surface area contributed by atoms with Crippen LogP contribution >= 0.6 is 11.3 Å². The first kappa shape index (κ1) is 24.7. The number of nitrogens with zero attached hydrogens (tertiary/aromatic N) is 5. The number of anilines is 1. The van der Waals surface area contributed by atoms with E-state index >= 15 is 0 Å². The lowest BCUT2D eigenvalue weighted by atomic mass is 10.1. The summed E-state index contributed by atoms with van der Waals surface area (Å²) in [5.74, 6) is 2.28. The van der Waals surface area contributed by atoms with Gasteiger partial charge >= 0.3 is 6.09 Å². The Balaban J connectivity index is 1.24. The lowest BCUT2D eigenvalue weighted by molar-refractivity contribution is 0.0383. The van der Waals surface area contributed by atoms with Gasteiger partial charge in [0.15, 0.2) is 17.6 Å². The third-order valence-electron chi connectivity index (χ3n) is 6.12. The Labute approximate surface area is 227 Å². The summed E-state index contributed by atoms with van der Waals surface area (Å²) in [6, 6.07) is 5.93. The van der Waals surface area contributed by atoms with Crippen molar-refractivity contribution >= 4 is 44.4 Å². The van der Waals surface area contributed by atoms with Crippen molar-refractivity contribution in [3.63, 3.8) is 0 Å². The third kappa shape index (κ3) is 4.86. The van der Waals surface area contributed by atoms with E-state index in [0.29, 0.717) is 28.9 Å². The molecule has 1 atom stereocenters. The highest BCUT2D eigenvalue weighted by atomic mass is 32.1. The molecule has 5 aromatic rings. The zero-order valence-corrected chi connectivity index (χ0v) is 22.5. The van der Waals surface area contributed by atoms with Gasteiger partial charge in [0.25, 0.3) is 0 Å². The summed E-state index contributed by atoms with van der Waals surface area (Å²) in [7, 11) is 1.57. The quantitative estimate of drug-likeness (QED) is 0.322. The number of rotatable bonds is 5. The average molecular weight is 545 g/mol. The van der Waals surface area contributed by atoms with E-state index in [4.69, 9.17) is 23.9 Å². The van der Waals surface area contributed by atoms with Crippen LogP contribution in [0.25, 0.3) is 31.8 Å².